The fraction of sp³-hybridized carbons (Fsp3) is 1.00. The van der Waals surface area contributed by atoms with Crippen molar-refractivity contribution in [3.8, 4) is 0 Å². The van der Waals surface area contributed by atoms with E-state index in [1.54, 1.807) is 0 Å². The molecule has 1 saturated heterocycles. The first-order chi connectivity index (χ1) is 8.12. The number of hydrogen-bond acceptors (Lipinski definition) is 3. The van der Waals surface area contributed by atoms with Crippen molar-refractivity contribution in [2.75, 3.05) is 27.2 Å². The molecule has 0 bridgehead atoms. The zero-order valence-corrected chi connectivity index (χ0v) is 11.7. The van der Waals surface area contributed by atoms with Crippen LogP contribution in [0.1, 0.15) is 45.4 Å². The third kappa shape index (κ3) is 3.21. The molecule has 100 valence electrons. The van der Waals surface area contributed by atoms with Crippen molar-refractivity contribution in [3.63, 3.8) is 0 Å². The molecule has 2 atom stereocenters. The molecule has 1 N–H and O–H groups in total. The SMILES string of the molecule is CC1CC(NCC2(N(C)C)CCCC2)CCO1. The predicted molar refractivity (Wildman–Crippen MR) is 71.3 cm³/mol. The number of hydrogen-bond donors (Lipinski definition) is 1. The molecule has 2 aliphatic rings. The highest BCUT2D eigenvalue weighted by Gasteiger charge is 2.36. The van der Waals surface area contributed by atoms with Crippen molar-refractivity contribution < 1.29 is 4.74 Å². The van der Waals surface area contributed by atoms with E-state index in [1.807, 2.05) is 0 Å². The number of ether oxygens (including phenoxy) is 1. The second kappa shape index (κ2) is 5.68. The van der Waals surface area contributed by atoms with Crippen LogP contribution in [0.25, 0.3) is 0 Å². The topological polar surface area (TPSA) is 24.5 Å². The Balaban J connectivity index is 1.83. The monoisotopic (exact) mass is 240 g/mol. The Bertz CT molecular complexity index is 236. The minimum Gasteiger partial charge on any atom is -0.378 e. The van der Waals surface area contributed by atoms with Crippen molar-refractivity contribution >= 4 is 0 Å². The van der Waals surface area contributed by atoms with Gasteiger partial charge in [-0.25, -0.2) is 0 Å². The average Bonchev–Trinajstić information content (AvgIpc) is 2.76. The fourth-order valence-electron chi connectivity index (χ4n) is 3.33. The highest BCUT2D eigenvalue weighted by Crippen LogP contribution is 2.33. The molecule has 0 aromatic heterocycles. The minimum atomic E-state index is 0.418. The largest absolute Gasteiger partial charge is 0.378 e. The Morgan fingerprint density at radius 1 is 1.29 bits per heavy atom. The summed E-state index contributed by atoms with van der Waals surface area (Å²) < 4.78 is 5.60. The van der Waals surface area contributed by atoms with Gasteiger partial charge in [-0.2, -0.15) is 0 Å². The van der Waals surface area contributed by atoms with Gasteiger partial charge in [0.2, 0.25) is 0 Å². The molecule has 3 heteroatoms. The molecule has 0 aromatic rings. The van der Waals surface area contributed by atoms with E-state index in [1.165, 1.54) is 38.5 Å². The van der Waals surface area contributed by atoms with Crippen molar-refractivity contribution in [1.82, 2.24) is 10.2 Å². The molecule has 0 radical (unpaired) electrons. The van der Waals surface area contributed by atoms with E-state index < -0.39 is 0 Å². The van der Waals surface area contributed by atoms with Gasteiger partial charge in [0.25, 0.3) is 0 Å². The molecule has 2 rings (SSSR count). The molecule has 1 saturated carbocycles. The van der Waals surface area contributed by atoms with Gasteiger partial charge in [-0.3, -0.25) is 0 Å². The number of likely N-dealkylation sites (N-methyl/N-ethyl adjacent to an activating group) is 1. The summed E-state index contributed by atoms with van der Waals surface area (Å²) in [5, 5.41) is 3.79. The van der Waals surface area contributed by atoms with E-state index in [2.05, 4.69) is 31.2 Å². The summed E-state index contributed by atoms with van der Waals surface area (Å²) in [6.07, 6.45) is 8.27. The lowest BCUT2D eigenvalue weighted by molar-refractivity contribution is 0.0101. The second-order valence-electron chi connectivity index (χ2n) is 6.11. The van der Waals surface area contributed by atoms with E-state index in [4.69, 9.17) is 4.74 Å². The summed E-state index contributed by atoms with van der Waals surface area (Å²) in [6.45, 7) is 4.26. The summed E-state index contributed by atoms with van der Waals surface area (Å²) >= 11 is 0. The summed E-state index contributed by atoms with van der Waals surface area (Å²) in [5.74, 6) is 0. The molecule has 17 heavy (non-hydrogen) atoms. The molecule has 0 aromatic carbocycles. The zero-order valence-electron chi connectivity index (χ0n) is 11.7. The highest BCUT2D eigenvalue weighted by atomic mass is 16.5. The van der Waals surface area contributed by atoms with Crippen LogP contribution in [0.2, 0.25) is 0 Å². The maximum atomic E-state index is 5.60. The van der Waals surface area contributed by atoms with Crippen LogP contribution in [0.5, 0.6) is 0 Å². The number of nitrogens with one attached hydrogen (secondary N) is 1. The normalized spacial score (nSPS) is 33.2. The summed E-state index contributed by atoms with van der Waals surface area (Å²) in [6, 6.07) is 0.663. The van der Waals surface area contributed by atoms with Gasteiger partial charge in [-0.15, -0.1) is 0 Å². The summed E-state index contributed by atoms with van der Waals surface area (Å²) in [7, 11) is 4.47. The first-order valence-corrected chi connectivity index (χ1v) is 7.15. The fourth-order valence-corrected chi connectivity index (χ4v) is 3.33. The lowest BCUT2D eigenvalue weighted by Crippen LogP contribution is -2.52. The highest BCUT2D eigenvalue weighted by molar-refractivity contribution is 4.95. The van der Waals surface area contributed by atoms with Crippen LogP contribution >= 0.6 is 0 Å². The first kappa shape index (κ1) is 13.3. The van der Waals surface area contributed by atoms with Crippen molar-refractivity contribution in [2.45, 2.75) is 63.1 Å². The Kier molecular flexibility index (Phi) is 4.45. The third-order valence-corrected chi connectivity index (χ3v) is 4.69. The Hall–Kier alpha value is -0.120. The molecule has 0 amide bonds. The van der Waals surface area contributed by atoms with Gasteiger partial charge >= 0.3 is 0 Å². The van der Waals surface area contributed by atoms with Gasteiger partial charge in [-0.1, -0.05) is 12.8 Å². The van der Waals surface area contributed by atoms with E-state index in [0.717, 1.165) is 13.2 Å². The zero-order chi connectivity index (χ0) is 12.3. The van der Waals surface area contributed by atoms with Crippen LogP contribution in [0.3, 0.4) is 0 Å². The Labute approximate surface area is 106 Å². The predicted octanol–water partition coefficient (Wildman–Crippen LogP) is 2.02. The second-order valence-corrected chi connectivity index (χ2v) is 6.11. The minimum absolute atomic E-state index is 0.418. The lowest BCUT2D eigenvalue weighted by Gasteiger charge is -2.39. The average molecular weight is 240 g/mol. The van der Waals surface area contributed by atoms with Gasteiger partial charge in [0.15, 0.2) is 0 Å². The lowest BCUT2D eigenvalue weighted by atomic mass is 9.94. The standard InChI is InChI=1S/C14H28N2O/c1-12-10-13(6-9-17-12)15-11-14(16(2)3)7-4-5-8-14/h12-13,15H,4-11H2,1-3H3. The Morgan fingerprint density at radius 3 is 2.59 bits per heavy atom. The molecular formula is C14H28N2O. The molecule has 1 aliphatic carbocycles. The molecule has 1 aliphatic heterocycles. The van der Waals surface area contributed by atoms with Gasteiger partial charge in [-0.05, 0) is 46.7 Å². The van der Waals surface area contributed by atoms with Gasteiger partial charge in [0.1, 0.15) is 0 Å². The van der Waals surface area contributed by atoms with Crippen LogP contribution in [0.15, 0.2) is 0 Å². The van der Waals surface area contributed by atoms with Gasteiger partial charge in [0, 0.05) is 24.7 Å². The Morgan fingerprint density at radius 2 is 2.00 bits per heavy atom. The molecule has 0 spiro atoms. The maximum Gasteiger partial charge on any atom is 0.0561 e. The molecule has 1 heterocycles. The van der Waals surface area contributed by atoms with Crippen LogP contribution in [0.4, 0.5) is 0 Å². The molecule has 3 nitrogen and oxygen atoms in total. The summed E-state index contributed by atoms with van der Waals surface area (Å²) in [5.41, 5.74) is 0.418. The van der Waals surface area contributed by atoms with E-state index >= 15 is 0 Å². The number of nitrogens with zero attached hydrogens (tertiary/aromatic N) is 1. The van der Waals surface area contributed by atoms with Crippen molar-refractivity contribution in [2.24, 2.45) is 0 Å². The van der Waals surface area contributed by atoms with Crippen molar-refractivity contribution in [3.05, 3.63) is 0 Å². The quantitative estimate of drug-likeness (QED) is 0.813. The van der Waals surface area contributed by atoms with E-state index in [9.17, 15) is 0 Å². The third-order valence-electron chi connectivity index (χ3n) is 4.69. The molecule has 2 fully saturated rings. The van der Waals surface area contributed by atoms with Crippen molar-refractivity contribution in [1.29, 1.82) is 0 Å². The first-order valence-electron chi connectivity index (χ1n) is 7.15. The van der Waals surface area contributed by atoms with Crippen LogP contribution in [-0.2, 0) is 4.74 Å². The van der Waals surface area contributed by atoms with E-state index in [0.29, 0.717) is 17.7 Å². The maximum absolute atomic E-state index is 5.60. The van der Waals surface area contributed by atoms with Gasteiger partial charge < -0.3 is 15.0 Å². The molecule has 2 unspecified atom stereocenters. The smallest absolute Gasteiger partial charge is 0.0561 e. The molecular weight excluding hydrogens is 212 g/mol. The van der Waals surface area contributed by atoms with Crippen LogP contribution < -0.4 is 5.32 Å². The van der Waals surface area contributed by atoms with Crippen LogP contribution in [0, 0.1) is 0 Å². The van der Waals surface area contributed by atoms with E-state index in [-0.39, 0.29) is 0 Å². The van der Waals surface area contributed by atoms with Crippen LogP contribution in [-0.4, -0.2) is 49.8 Å². The number of rotatable bonds is 4. The van der Waals surface area contributed by atoms with Gasteiger partial charge in [0.05, 0.1) is 6.10 Å². The summed E-state index contributed by atoms with van der Waals surface area (Å²) in [4.78, 5) is 2.44.